The van der Waals surface area contributed by atoms with E-state index in [1.54, 1.807) is 18.2 Å². The molecule has 0 aliphatic heterocycles. The fraction of sp³-hybridized carbons (Fsp3) is 0.0476. The second-order valence-corrected chi connectivity index (χ2v) is 8.06. The van der Waals surface area contributed by atoms with Crippen molar-refractivity contribution in [3.63, 3.8) is 0 Å². The van der Waals surface area contributed by atoms with Crippen molar-refractivity contribution in [3.05, 3.63) is 96.4 Å². The van der Waals surface area contributed by atoms with Crippen molar-refractivity contribution in [2.45, 2.75) is 6.61 Å². The van der Waals surface area contributed by atoms with E-state index in [0.717, 1.165) is 5.56 Å². The van der Waals surface area contributed by atoms with Gasteiger partial charge in [0.2, 0.25) is 0 Å². The summed E-state index contributed by atoms with van der Waals surface area (Å²) in [4.78, 5) is 12.1. The van der Waals surface area contributed by atoms with E-state index in [4.69, 9.17) is 62.7 Å². The first-order chi connectivity index (χ1) is 14.3. The summed E-state index contributed by atoms with van der Waals surface area (Å²) in [5, 5.41) is 5.73. The van der Waals surface area contributed by atoms with Crippen LogP contribution >= 0.6 is 58.0 Å². The number of nitrogens with one attached hydrogen (secondary N) is 1. The van der Waals surface area contributed by atoms with E-state index < -0.39 is 5.91 Å². The third-order valence-corrected chi connectivity index (χ3v) is 5.58. The van der Waals surface area contributed by atoms with Crippen LogP contribution in [0.2, 0.25) is 25.1 Å². The van der Waals surface area contributed by atoms with Crippen LogP contribution in [-0.2, 0) is 6.61 Å². The Bertz CT molecular complexity index is 1100. The molecule has 9 heteroatoms. The summed E-state index contributed by atoms with van der Waals surface area (Å²) in [5.41, 5.74) is 4.10. The van der Waals surface area contributed by atoms with Gasteiger partial charge in [-0.25, -0.2) is 5.43 Å². The van der Waals surface area contributed by atoms with Crippen molar-refractivity contribution in [1.29, 1.82) is 0 Å². The van der Waals surface area contributed by atoms with Gasteiger partial charge in [-0.3, -0.25) is 4.79 Å². The maximum absolute atomic E-state index is 12.1. The minimum Gasteiger partial charge on any atom is -0.486 e. The Kier molecular flexibility index (Phi) is 7.87. The normalized spacial score (nSPS) is 11.0. The molecule has 0 saturated heterocycles. The third kappa shape index (κ3) is 5.81. The summed E-state index contributed by atoms with van der Waals surface area (Å²) in [6.45, 7) is 0.215. The Hall–Kier alpha value is -1.95. The van der Waals surface area contributed by atoms with E-state index in [1.807, 2.05) is 18.2 Å². The number of carbonyl (C=O) groups excluding carboxylic acids is 1. The van der Waals surface area contributed by atoms with Crippen molar-refractivity contribution >= 4 is 70.1 Å². The lowest BCUT2D eigenvalue weighted by Gasteiger charge is -2.11. The zero-order valence-corrected chi connectivity index (χ0v) is 18.9. The van der Waals surface area contributed by atoms with Gasteiger partial charge in [0.1, 0.15) is 6.61 Å². The molecule has 0 aromatic heterocycles. The maximum Gasteiger partial charge on any atom is 0.271 e. The van der Waals surface area contributed by atoms with Gasteiger partial charge in [0.15, 0.2) is 5.75 Å². The highest BCUT2D eigenvalue weighted by Crippen LogP contribution is 2.35. The molecule has 0 atom stereocenters. The summed E-state index contributed by atoms with van der Waals surface area (Å²) in [6.07, 6.45) is 1.41. The van der Waals surface area contributed by atoms with E-state index in [0.29, 0.717) is 37.0 Å². The van der Waals surface area contributed by atoms with E-state index in [-0.39, 0.29) is 11.6 Å². The Morgan fingerprint density at radius 2 is 1.57 bits per heavy atom. The van der Waals surface area contributed by atoms with Gasteiger partial charge < -0.3 is 4.74 Å². The molecule has 0 aliphatic rings. The smallest absolute Gasteiger partial charge is 0.271 e. The molecule has 3 aromatic carbocycles. The Morgan fingerprint density at radius 1 is 0.867 bits per heavy atom. The lowest BCUT2D eigenvalue weighted by atomic mass is 10.2. The second kappa shape index (κ2) is 10.4. The van der Waals surface area contributed by atoms with Gasteiger partial charge in [-0.15, -0.1) is 0 Å². The number of amides is 1. The molecule has 0 radical (unpaired) electrons. The molecule has 0 spiro atoms. The van der Waals surface area contributed by atoms with E-state index in [9.17, 15) is 4.79 Å². The van der Waals surface area contributed by atoms with Gasteiger partial charge in [0.05, 0.1) is 26.3 Å². The number of halogens is 5. The molecule has 3 rings (SSSR count). The SMILES string of the molecule is O=C(N/N=C\c1cc(Cl)c(OCc2ccccc2Cl)c(Cl)c1)c1ccc(Cl)c(Cl)c1. The van der Waals surface area contributed by atoms with Crippen molar-refractivity contribution in [2.75, 3.05) is 0 Å². The highest BCUT2D eigenvalue weighted by molar-refractivity contribution is 6.42. The lowest BCUT2D eigenvalue weighted by Crippen LogP contribution is -2.17. The van der Waals surface area contributed by atoms with Crippen LogP contribution in [0.15, 0.2) is 59.7 Å². The van der Waals surface area contributed by atoms with Crippen LogP contribution in [0.5, 0.6) is 5.75 Å². The topological polar surface area (TPSA) is 50.7 Å². The number of nitrogens with zero attached hydrogens (tertiary/aromatic N) is 1. The molecule has 0 heterocycles. The predicted octanol–water partition coefficient (Wildman–Crippen LogP) is 7.30. The zero-order chi connectivity index (χ0) is 21.7. The van der Waals surface area contributed by atoms with Gasteiger partial charge in [-0.2, -0.15) is 5.10 Å². The molecule has 30 heavy (non-hydrogen) atoms. The van der Waals surface area contributed by atoms with Crippen molar-refractivity contribution < 1.29 is 9.53 Å². The highest BCUT2D eigenvalue weighted by Gasteiger charge is 2.11. The second-order valence-electron chi connectivity index (χ2n) is 6.02. The summed E-state index contributed by atoms with van der Waals surface area (Å²) < 4.78 is 5.72. The molecule has 1 N–H and O–H groups in total. The number of hydrogen-bond donors (Lipinski definition) is 1. The van der Waals surface area contributed by atoms with Gasteiger partial charge in [0, 0.05) is 16.1 Å². The molecule has 0 unspecified atom stereocenters. The highest BCUT2D eigenvalue weighted by atomic mass is 35.5. The van der Waals surface area contributed by atoms with Crippen molar-refractivity contribution in [2.24, 2.45) is 5.10 Å². The number of ether oxygens (including phenoxy) is 1. The average Bonchev–Trinajstić information content (AvgIpc) is 2.70. The number of rotatable bonds is 6. The van der Waals surface area contributed by atoms with Crippen molar-refractivity contribution in [3.8, 4) is 5.75 Å². The van der Waals surface area contributed by atoms with Crippen LogP contribution in [0, 0.1) is 0 Å². The molecule has 0 saturated carbocycles. The molecular weight excluding hydrogens is 490 g/mol. The minimum atomic E-state index is -0.443. The molecular formula is C21H13Cl5N2O2. The van der Waals surface area contributed by atoms with Gasteiger partial charge in [-0.1, -0.05) is 76.2 Å². The van der Waals surface area contributed by atoms with Crippen LogP contribution in [0.4, 0.5) is 0 Å². The first-order valence-corrected chi connectivity index (χ1v) is 10.4. The van der Waals surface area contributed by atoms with Crippen LogP contribution in [0.3, 0.4) is 0 Å². The summed E-state index contributed by atoms with van der Waals surface area (Å²) >= 11 is 30.5. The first kappa shape index (κ1) is 22.7. The van der Waals surface area contributed by atoms with Gasteiger partial charge in [-0.05, 0) is 42.0 Å². The fourth-order valence-electron chi connectivity index (χ4n) is 2.42. The molecule has 0 aliphatic carbocycles. The molecule has 4 nitrogen and oxygen atoms in total. The Morgan fingerprint density at radius 3 is 2.23 bits per heavy atom. The molecule has 0 bridgehead atoms. The standard InChI is InChI=1S/C21H13Cl5N2O2/c22-15-4-2-1-3-14(15)11-30-20-18(25)7-12(8-19(20)26)10-27-28-21(29)13-5-6-16(23)17(24)9-13/h1-10H,11H2,(H,28,29)/b27-10-. The monoisotopic (exact) mass is 500 g/mol. The number of benzene rings is 3. The Balaban J connectivity index is 1.66. The predicted molar refractivity (Wildman–Crippen MR) is 124 cm³/mol. The van der Waals surface area contributed by atoms with Crippen LogP contribution in [0.25, 0.3) is 0 Å². The molecule has 154 valence electrons. The third-order valence-electron chi connectivity index (χ3n) is 3.91. The van der Waals surface area contributed by atoms with Crippen LogP contribution in [0.1, 0.15) is 21.5 Å². The van der Waals surface area contributed by atoms with Gasteiger partial charge >= 0.3 is 0 Å². The van der Waals surface area contributed by atoms with Crippen molar-refractivity contribution in [1.82, 2.24) is 5.43 Å². The van der Waals surface area contributed by atoms with E-state index in [1.165, 1.54) is 24.4 Å². The maximum atomic E-state index is 12.1. The fourth-order valence-corrected chi connectivity index (χ4v) is 3.53. The first-order valence-electron chi connectivity index (χ1n) is 8.49. The largest absolute Gasteiger partial charge is 0.486 e. The summed E-state index contributed by atoms with van der Waals surface area (Å²) in [7, 11) is 0. The van der Waals surface area contributed by atoms with Crippen LogP contribution in [-0.4, -0.2) is 12.1 Å². The van der Waals surface area contributed by atoms with E-state index >= 15 is 0 Å². The quantitative estimate of drug-likeness (QED) is 0.284. The van der Waals surface area contributed by atoms with E-state index in [2.05, 4.69) is 10.5 Å². The molecule has 0 fully saturated rings. The van der Waals surface area contributed by atoms with Gasteiger partial charge in [0.25, 0.3) is 5.91 Å². The minimum absolute atomic E-state index is 0.215. The Labute approximate surface area is 198 Å². The summed E-state index contributed by atoms with van der Waals surface area (Å²) in [5.74, 6) is -0.114. The number of carbonyl (C=O) groups is 1. The van der Waals surface area contributed by atoms with Crippen LogP contribution < -0.4 is 10.2 Å². The number of hydrazone groups is 1. The zero-order valence-electron chi connectivity index (χ0n) is 15.1. The molecule has 3 aromatic rings. The molecule has 1 amide bonds. The average molecular weight is 503 g/mol. The lowest BCUT2D eigenvalue weighted by molar-refractivity contribution is 0.0955. The number of hydrogen-bond acceptors (Lipinski definition) is 3. The summed E-state index contributed by atoms with van der Waals surface area (Å²) in [6, 6.07) is 15.1.